The monoisotopic (exact) mass is 240 g/mol. The van der Waals surface area contributed by atoms with E-state index in [2.05, 4.69) is 38.3 Å². The Balaban J connectivity index is 2.25. The van der Waals surface area contributed by atoms with E-state index in [0.717, 1.165) is 26.1 Å². The Morgan fingerprint density at radius 3 is 2.41 bits per heavy atom. The molecule has 100 valence electrons. The second kappa shape index (κ2) is 7.00. The van der Waals surface area contributed by atoms with Gasteiger partial charge in [-0.1, -0.05) is 27.7 Å². The molecule has 1 unspecified atom stereocenters. The Hall–Kier alpha value is -0.570. The van der Waals surface area contributed by atoms with Gasteiger partial charge in [0.1, 0.15) is 0 Å². The predicted molar refractivity (Wildman–Crippen MR) is 71.8 cm³/mol. The molecular weight excluding hydrogens is 212 g/mol. The highest BCUT2D eigenvalue weighted by Gasteiger charge is 2.21. The number of amides is 1. The third kappa shape index (κ3) is 5.07. The van der Waals surface area contributed by atoms with E-state index in [-0.39, 0.29) is 5.91 Å². The summed E-state index contributed by atoms with van der Waals surface area (Å²) in [6, 6.07) is 0. The van der Waals surface area contributed by atoms with Gasteiger partial charge >= 0.3 is 0 Å². The molecule has 2 N–H and O–H groups in total. The number of carbonyl (C=O) groups excluding carboxylic acids is 1. The van der Waals surface area contributed by atoms with Gasteiger partial charge in [0.2, 0.25) is 5.91 Å². The van der Waals surface area contributed by atoms with E-state index >= 15 is 0 Å². The Kier molecular flexibility index (Phi) is 5.96. The molecule has 0 spiro atoms. The molecule has 1 fully saturated rings. The first-order valence-electron chi connectivity index (χ1n) is 6.98. The van der Waals surface area contributed by atoms with Crippen molar-refractivity contribution in [2.24, 2.45) is 23.7 Å². The smallest absolute Gasteiger partial charge is 0.220 e. The van der Waals surface area contributed by atoms with Crippen molar-refractivity contribution in [2.45, 2.75) is 40.5 Å². The summed E-state index contributed by atoms with van der Waals surface area (Å²) in [6.45, 7) is 11.8. The normalized spacial score (nSPS) is 20.5. The van der Waals surface area contributed by atoms with E-state index in [1.807, 2.05) is 0 Å². The maximum absolute atomic E-state index is 11.8. The molecular formula is C14H28N2O. The standard InChI is InChI=1S/C14H28N2O/c1-10(2)13(11(3)4)9-16-14(17)7-12-5-6-15-8-12/h10-13,15H,5-9H2,1-4H3,(H,16,17). The van der Waals surface area contributed by atoms with Crippen molar-refractivity contribution in [1.29, 1.82) is 0 Å². The molecule has 0 aliphatic carbocycles. The molecule has 3 nitrogen and oxygen atoms in total. The zero-order chi connectivity index (χ0) is 12.8. The fourth-order valence-corrected chi connectivity index (χ4v) is 2.70. The maximum Gasteiger partial charge on any atom is 0.220 e. The summed E-state index contributed by atoms with van der Waals surface area (Å²) in [4.78, 5) is 11.8. The van der Waals surface area contributed by atoms with Crippen LogP contribution in [0.25, 0.3) is 0 Å². The van der Waals surface area contributed by atoms with E-state index in [4.69, 9.17) is 0 Å². The molecule has 0 aromatic rings. The number of hydrogen-bond acceptors (Lipinski definition) is 2. The lowest BCUT2D eigenvalue weighted by atomic mass is 9.85. The van der Waals surface area contributed by atoms with E-state index in [0.29, 0.717) is 30.1 Å². The van der Waals surface area contributed by atoms with Crippen molar-refractivity contribution in [3.8, 4) is 0 Å². The third-order valence-corrected chi connectivity index (χ3v) is 3.88. The third-order valence-electron chi connectivity index (χ3n) is 3.88. The Morgan fingerprint density at radius 1 is 1.29 bits per heavy atom. The van der Waals surface area contributed by atoms with Gasteiger partial charge in [0.05, 0.1) is 0 Å². The first kappa shape index (κ1) is 14.5. The number of hydrogen-bond donors (Lipinski definition) is 2. The molecule has 3 heteroatoms. The van der Waals surface area contributed by atoms with Crippen molar-refractivity contribution >= 4 is 5.91 Å². The number of nitrogens with one attached hydrogen (secondary N) is 2. The molecule has 1 aliphatic heterocycles. The van der Waals surface area contributed by atoms with Gasteiger partial charge in [0.25, 0.3) is 0 Å². The summed E-state index contributed by atoms with van der Waals surface area (Å²) >= 11 is 0. The van der Waals surface area contributed by atoms with Gasteiger partial charge in [-0.05, 0) is 43.2 Å². The van der Waals surface area contributed by atoms with Crippen LogP contribution in [0.3, 0.4) is 0 Å². The molecule has 1 amide bonds. The van der Waals surface area contributed by atoms with Crippen LogP contribution in [0.15, 0.2) is 0 Å². The molecule has 0 aromatic carbocycles. The molecule has 1 atom stereocenters. The first-order valence-corrected chi connectivity index (χ1v) is 6.98. The second-order valence-electron chi connectivity index (χ2n) is 6.02. The highest BCUT2D eigenvalue weighted by atomic mass is 16.1. The zero-order valence-corrected chi connectivity index (χ0v) is 11.8. The van der Waals surface area contributed by atoms with Gasteiger partial charge in [0.15, 0.2) is 0 Å². The molecule has 1 rings (SSSR count). The van der Waals surface area contributed by atoms with Crippen LogP contribution in [0.1, 0.15) is 40.5 Å². The maximum atomic E-state index is 11.8. The van der Waals surface area contributed by atoms with Crippen LogP contribution in [0.2, 0.25) is 0 Å². The van der Waals surface area contributed by atoms with Crippen LogP contribution in [-0.2, 0) is 4.79 Å². The van der Waals surface area contributed by atoms with Crippen molar-refractivity contribution in [3.63, 3.8) is 0 Å². The minimum absolute atomic E-state index is 0.227. The number of carbonyl (C=O) groups is 1. The average Bonchev–Trinajstić information content (AvgIpc) is 2.69. The lowest BCUT2D eigenvalue weighted by Gasteiger charge is -2.25. The highest BCUT2D eigenvalue weighted by Crippen LogP contribution is 2.19. The second-order valence-corrected chi connectivity index (χ2v) is 6.02. The molecule has 0 radical (unpaired) electrons. The average molecular weight is 240 g/mol. The first-order chi connectivity index (χ1) is 8.00. The minimum atomic E-state index is 0.227. The summed E-state index contributed by atoms with van der Waals surface area (Å²) in [7, 11) is 0. The molecule has 0 bridgehead atoms. The molecule has 17 heavy (non-hydrogen) atoms. The minimum Gasteiger partial charge on any atom is -0.356 e. The van der Waals surface area contributed by atoms with Crippen LogP contribution < -0.4 is 10.6 Å². The van der Waals surface area contributed by atoms with Gasteiger partial charge < -0.3 is 10.6 Å². The number of rotatable bonds is 6. The van der Waals surface area contributed by atoms with E-state index in [1.165, 1.54) is 0 Å². The largest absolute Gasteiger partial charge is 0.356 e. The molecule has 1 aliphatic rings. The van der Waals surface area contributed by atoms with Crippen molar-refractivity contribution in [2.75, 3.05) is 19.6 Å². The quantitative estimate of drug-likeness (QED) is 0.746. The molecule has 0 saturated carbocycles. The van der Waals surface area contributed by atoms with Gasteiger partial charge in [-0.3, -0.25) is 4.79 Å². The SMILES string of the molecule is CC(C)C(CNC(=O)CC1CCNC1)C(C)C. The molecule has 0 aromatic heterocycles. The summed E-state index contributed by atoms with van der Waals surface area (Å²) in [5.74, 6) is 2.61. The Morgan fingerprint density at radius 2 is 1.94 bits per heavy atom. The lowest BCUT2D eigenvalue weighted by molar-refractivity contribution is -0.122. The van der Waals surface area contributed by atoms with Gasteiger partial charge in [-0.25, -0.2) is 0 Å². The summed E-state index contributed by atoms with van der Waals surface area (Å²) in [5.41, 5.74) is 0. The Labute approximate surface area is 106 Å². The van der Waals surface area contributed by atoms with Gasteiger partial charge in [-0.2, -0.15) is 0 Å². The van der Waals surface area contributed by atoms with E-state index < -0.39 is 0 Å². The van der Waals surface area contributed by atoms with Crippen LogP contribution in [0, 0.1) is 23.7 Å². The topological polar surface area (TPSA) is 41.1 Å². The van der Waals surface area contributed by atoms with E-state index in [1.54, 1.807) is 0 Å². The molecule has 1 heterocycles. The molecule has 1 saturated heterocycles. The van der Waals surface area contributed by atoms with Crippen LogP contribution in [-0.4, -0.2) is 25.5 Å². The predicted octanol–water partition coefficient (Wildman–Crippen LogP) is 2.03. The van der Waals surface area contributed by atoms with E-state index in [9.17, 15) is 4.79 Å². The fourth-order valence-electron chi connectivity index (χ4n) is 2.70. The fraction of sp³-hybridized carbons (Fsp3) is 0.929. The summed E-state index contributed by atoms with van der Waals surface area (Å²) in [5, 5.41) is 6.40. The van der Waals surface area contributed by atoms with Gasteiger partial charge in [0, 0.05) is 13.0 Å². The summed E-state index contributed by atoms with van der Waals surface area (Å²) in [6.07, 6.45) is 1.83. The van der Waals surface area contributed by atoms with Crippen LogP contribution in [0.5, 0.6) is 0 Å². The zero-order valence-electron chi connectivity index (χ0n) is 11.8. The van der Waals surface area contributed by atoms with Crippen molar-refractivity contribution in [3.05, 3.63) is 0 Å². The van der Waals surface area contributed by atoms with Crippen molar-refractivity contribution < 1.29 is 4.79 Å². The van der Waals surface area contributed by atoms with Crippen LogP contribution in [0.4, 0.5) is 0 Å². The van der Waals surface area contributed by atoms with Gasteiger partial charge in [-0.15, -0.1) is 0 Å². The van der Waals surface area contributed by atoms with Crippen LogP contribution >= 0.6 is 0 Å². The lowest BCUT2D eigenvalue weighted by Crippen LogP contribution is -2.34. The summed E-state index contributed by atoms with van der Waals surface area (Å²) < 4.78 is 0. The highest BCUT2D eigenvalue weighted by molar-refractivity contribution is 5.76. The Bertz CT molecular complexity index is 224. The van der Waals surface area contributed by atoms with Crippen molar-refractivity contribution in [1.82, 2.24) is 10.6 Å².